The van der Waals surface area contributed by atoms with Crippen molar-refractivity contribution in [2.75, 3.05) is 26.7 Å². The molecule has 2 fully saturated rings. The summed E-state index contributed by atoms with van der Waals surface area (Å²) in [4.78, 5) is 17.3. The molecule has 0 aliphatic carbocycles. The van der Waals surface area contributed by atoms with Crippen LogP contribution in [0.3, 0.4) is 0 Å². The van der Waals surface area contributed by atoms with E-state index in [2.05, 4.69) is 48.3 Å². The molecule has 1 spiro atoms. The number of hydrogen-bond acceptors (Lipinski definition) is 3. The highest BCUT2D eigenvalue weighted by Crippen LogP contribution is 2.44. The minimum Gasteiger partial charge on any atom is -0.339 e. The zero-order valence-electron chi connectivity index (χ0n) is 15.8. The summed E-state index contributed by atoms with van der Waals surface area (Å²) in [5.74, 6) is 0.659. The van der Waals surface area contributed by atoms with Crippen LogP contribution in [-0.2, 0) is 0 Å². The maximum atomic E-state index is 12.8. The van der Waals surface area contributed by atoms with Gasteiger partial charge in [0.2, 0.25) is 0 Å². The van der Waals surface area contributed by atoms with Gasteiger partial charge in [0.1, 0.15) is 0 Å². The summed E-state index contributed by atoms with van der Waals surface area (Å²) in [5.41, 5.74) is 2.90. The molecule has 0 bridgehead atoms. The topological polar surface area (TPSA) is 47.3 Å². The Morgan fingerprint density at radius 1 is 1.07 bits per heavy atom. The fourth-order valence-electron chi connectivity index (χ4n) is 4.73. The van der Waals surface area contributed by atoms with Gasteiger partial charge in [-0.05, 0) is 62.1 Å². The molecule has 0 aromatic heterocycles. The molecule has 138 valence electrons. The molecule has 4 heteroatoms. The van der Waals surface area contributed by atoms with Gasteiger partial charge in [-0.15, -0.1) is 0 Å². The molecule has 0 N–H and O–H groups in total. The predicted molar refractivity (Wildman–Crippen MR) is 105 cm³/mol. The normalized spacial score (nSPS) is 21.9. The molecule has 2 saturated heterocycles. The number of piperidine rings is 1. The lowest BCUT2D eigenvalue weighted by Crippen LogP contribution is -2.52. The minimum atomic E-state index is 0.0783. The average Bonchev–Trinajstić information content (AvgIpc) is 3.05. The standard InChI is InChI=1S/C23H25N3O/c1-25-17-21(19-5-3-2-4-6-19)15-23(25)11-13-26(14-12-23)22(27)20-9-7-18(16-24)8-10-20/h2-10,21H,11-15,17H2,1H3/t21-/m1/s1. The molecule has 4 rings (SSSR count). The minimum absolute atomic E-state index is 0.0783. The van der Waals surface area contributed by atoms with Crippen LogP contribution in [0.25, 0.3) is 0 Å². The van der Waals surface area contributed by atoms with E-state index in [9.17, 15) is 4.79 Å². The largest absolute Gasteiger partial charge is 0.339 e. The number of benzene rings is 2. The summed E-state index contributed by atoms with van der Waals surface area (Å²) in [5, 5.41) is 8.91. The Labute approximate surface area is 161 Å². The molecule has 0 unspecified atom stereocenters. The van der Waals surface area contributed by atoms with Gasteiger partial charge >= 0.3 is 0 Å². The van der Waals surface area contributed by atoms with E-state index in [0.29, 0.717) is 17.0 Å². The molecule has 0 saturated carbocycles. The first kappa shape index (κ1) is 17.8. The number of nitrogens with zero attached hydrogens (tertiary/aromatic N) is 3. The van der Waals surface area contributed by atoms with Crippen molar-refractivity contribution in [2.45, 2.75) is 30.7 Å². The van der Waals surface area contributed by atoms with Crippen LogP contribution in [0.4, 0.5) is 0 Å². The lowest BCUT2D eigenvalue weighted by atomic mass is 9.81. The van der Waals surface area contributed by atoms with Crippen molar-refractivity contribution >= 4 is 5.91 Å². The Kier molecular flexibility index (Phi) is 4.72. The van der Waals surface area contributed by atoms with Gasteiger partial charge in [0.25, 0.3) is 5.91 Å². The summed E-state index contributed by atoms with van der Waals surface area (Å²) in [7, 11) is 2.24. The van der Waals surface area contributed by atoms with Crippen LogP contribution in [-0.4, -0.2) is 47.9 Å². The van der Waals surface area contributed by atoms with Crippen LogP contribution in [0.15, 0.2) is 54.6 Å². The maximum absolute atomic E-state index is 12.8. The van der Waals surface area contributed by atoms with E-state index in [1.807, 2.05) is 4.90 Å². The van der Waals surface area contributed by atoms with Gasteiger partial charge < -0.3 is 4.90 Å². The molecule has 2 aliphatic rings. The molecular weight excluding hydrogens is 334 g/mol. The van der Waals surface area contributed by atoms with Crippen molar-refractivity contribution in [3.63, 3.8) is 0 Å². The van der Waals surface area contributed by atoms with Crippen LogP contribution >= 0.6 is 0 Å². The van der Waals surface area contributed by atoms with Crippen LogP contribution in [0.5, 0.6) is 0 Å². The number of likely N-dealkylation sites (tertiary alicyclic amines) is 2. The van der Waals surface area contributed by atoms with Crippen molar-refractivity contribution in [3.05, 3.63) is 71.3 Å². The smallest absolute Gasteiger partial charge is 0.253 e. The van der Waals surface area contributed by atoms with E-state index in [-0.39, 0.29) is 11.4 Å². The van der Waals surface area contributed by atoms with Crippen LogP contribution in [0.1, 0.15) is 46.7 Å². The number of rotatable bonds is 2. The van der Waals surface area contributed by atoms with Crippen molar-refractivity contribution in [1.29, 1.82) is 5.26 Å². The maximum Gasteiger partial charge on any atom is 0.253 e. The third kappa shape index (κ3) is 3.36. The first-order valence-electron chi connectivity index (χ1n) is 9.67. The highest BCUT2D eigenvalue weighted by Gasteiger charge is 2.46. The van der Waals surface area contributed by atoms with Gasteiger partial charge in [0.05, 0.1) is 11.6 Å². The molecular formula is C23H25N3O. The van der Waals surface area contributed by atoms with Crippen molar-refractivity contribution in [1.82, 2.24) is 9.80 Å². The highest BCUT2D eigenvalue weighted by atomic mass is 16.2. The average molecular weight is 359 g/mol. The third-order valence-electron chi connectivity index (χ3n) is 6.44. The van der Waals surface area contributed by atoms with Crippen LogP contribution in [0, 0.1) is 11.3 Å². The SMILES string of the molecule is CN1C[C@H](c2ccccc2)CC12CCN(C(=O)c1ccc(C#N)cc1)CC2. The monoisotopic (exact) mass is 359 g/mol. The van der Waals surface area contributed by atoms with Gasteiger partial charge in [-0.25, -0.2) is 0 Å². The second kappa shape index (κ2) is 7.17. The summed E-state index contributed by atoms with van der Waals surface area (Å²) in [6.07, 6.45) is 3.22. The fourth-order valence-corrected chi connectivity index (χ4v) is 4.73. The highest BCUT2D eigenvalue weighted by molar-refractivity contribution is 5.94. The zero-order chi connectivity index (χ0) is 18.9. The molecule has 27 heavy (non-hydrogen) atoms. The number of nitriles is 1. The van der Waals surface area contributed by atoms with Crippen LogP contribution in [0.2, 0.25) is 0 Å². The Hall–Kier alpha value is -2.64. The molecule has 1 atom stereocenters. The molecule has 2 aromatic carbocycles. The molecule has 1 amide bonds. The molecule has 2 heterocycles. The number of hydrogen-bond donors (Lipinski definition) is 0. The Morgan fingerprint density at radius 3 is 2.37 bits per heavy atom. The number of carbonyl (C=O) groups is 1. The summed E-state index contributed by atoms with van der Waals surface area (Å²) in [6.45, 7) is 2.68. The van der Waals surface area contributed by atoms with E-state index < -0.39 is 0 Å². The van der Waals surface area contributed by atoms with E-state index in [1.54, 1.807) is 24.3 Å². The number of likely N-dealkylation sites (N-methyl/N-ethyl adjacent to an activating group) is 1. The quantitative estimate of drug-likeness (QED) is 0.822. The molecule has 4 nitrogen and oxygen atoms in total. The van der Waals surface area contributed by atoms with Gasteiger partial charge in [-0.1, -0.05) is 30.3 Å². The number of carbonyl (C=O) groups excluding carboxylic acids is 1. The lowest BCUT2D eigenvalue weighted by Gasteiger charge is -2.43. The Balaban J connectivity index is 1.42. The van der Waals surface area contributed by atoms with Gasteiger partial charge in [-0.2, -0.15) is 5.26 Å². The predicted octanol–water partition coefficient (Wildman–Crippen LogP) is 3.65. The van der Waals surface area contributed by atoms with Gasteiger partial charge in [-0.3, -0.25) is 9.69 Å². The van der Waals surface area contributed by atoms with Crippen molar-refractivity contribution < 1.29 is 4.79 Å². The molecule has 2 aromatic rings. The fraction of sp³-hybridized carbons (Fsp3) is 0.391. The second-order valence-electron chi connectivity index (χ2n) is 7.90. The molecule has 0 radical (unpaired) electrons. The first-order chi connectivity index (χ1) is 13.1. The number of amides is 1. The lowest BCUT2D eigenvalue weighted by molar-refractivity contribution is 0.0492. The second-order valence-corrected chi connectivity index (χ2v) is 7.90. The first-order valence-corrected chi connectivity index (χ1v) is 9.67. The van der Waals surface area contributed by atoms with Crippen molar-refractivity contribution in [3.8, 4) is 6.07 Å². The van der Waals surface area contributed by atoms with E-state index in [1.165, 1.54) is 12.0 Å². The zero-order valence-corrected chi connectivity index (χ0v) is 15.8. The summed E-state index contributed by atoms with van der Waals surface area (Å²) < 4.78 is 0. The van der Waals surface area contributed by atoms with E-state index >= 15 is 0 Å². The van der Waals surface area contributed by atoms with Crippen molar-refractivity contribution in [2.24, 2.45) is 0 Å². The summed E-state index contributed by atoms with van der Waals surface area (Å²) in [6, 6.07) is 19.9. The Bertz CT molecular complexity index is 845. The molecule has 2 aliphatic heterocycles. The van der Waals surface area contributed by atoms with Gasteiger partial charge in [0.15, 0.2) is 0 Å². The van der Waals surface area contributed by atoms with E-state index in [0.717, 1.165) is 32.5 Å². The van der Waals surface area contributed by atoms with Crippen LogP contribution < -0.4 is 0 Å². The Morgan fingerprint density at radius 2 is 1.74 bits per heavy atom. The third-order valence-corrected chi connectivity index (χ3v) is 6.44. The van der Waals surface area contributed by atoms with E-state index in [4.69, 9.17) is 5.26 Å². The summed E-state index contributed by atoms with van der Waals surface area (Å²) >= 11 is 0. The van der Waals surface area contributed by atoms with Gasteiger partial charge in [0, 0.05) is 30.7 Å².